The predicted molar refractivity (Wildman–Crippen MR) is 95.4 cm³/mol. The van der Waals surface area contributed by atoms with E-state index in [4.69, 9.17) is 20.4 Å². The number of anilines is 1. The standard InChI is InChI=1S/C17H15ClFN3O4S/c18-12-9-11(5-6-13(12)19)22-27(23,24)15-8-7-14(25-15)17-21-20-16(26-17)10-3-1-2-4-10/h5-10,22H,1-4H2. The van der Waals surface area contributed by atoms with Crippen molar-refractivity contribution >= 4 is 27.3 Å². The van der Waals surface area contributed by atoms with Gasteiger partial charge in [0.15, 0.2) is 5.76 Å². The van der Waals surface area contributed by atoms with Crippen LogP contribution in [-0.2, 0) is 10.0 Å². The minimum atomic E-state index is -4.03. The third-order valence-electron chi connectivity index (χ3n) is 4.37. The Hall–Kier alpha value is -2.39. The van der Waals surface area contributed by atoms with Gasteiger partial charge in [-0.2, -0.15) is 8.42 Å². The van der Waals surface area contributed by atoms with Gasteiger partial charge in [-0.25, -0.2) is 4.39 Å². The molecule has 0 aliphatic heterocycles. The molecule has 1 aliphatic carbocycles. The van der Waals surface area contributed by atoms with E-state index in [0.717, 1.165) is 31.7 Å². The number of aromatic nitrogens is 2. The molecule has 1 aromatic carbocycles. The Labute approximate surface area is 159 Å². The van der Waals surface area contributed by atoms with E-state index in [-0.39, 0.29) is 33.4 Å². The fraction of sp³-hybridized carbons (Fsp3) is 0.294. The fourth-order valence-electron chi connectivity index (χ4n) is 3.02. The van der Waals surface area contributed by atoms with Crippen molar-refractivity contribution in [2.75, 3.05) is 4.72 Å². The van der Waals surface area contributed by atoms with Gasteiger partial charge in [0.05, 0.1) is 10.7 Å². The maximum atomic E-state index is 13.2. The van der Waals surface area contributed by atoms with Gasteiger partial charge in [-0.3, -0.25) is 4.72 Å². The normalized spacial score (nSPS) is 15.3. The number of hydrogen-bond donors (Lipinski definition) is 1. The summed E-state index contributed by atoms with van der Waals surface area (Å²) < 4.78 is 51.4. The van der Waals surface area contributed by atoms with Crippen LogP contribution in [0.25, 0.3) is 11.7 Å². The molecule has 142 valence electrons. The molecule has 1 fully saturated rings. The van der Waals surface area contributed by atoms with Crippen molar-refractivity contribution in [2.24, 2.45) is 0 Å². The van der Waals surface area contributed by atoms with E-state index in [0.29, 0.717) is 5.89 Å². The molecule has 0 amide bonds. The van der Waals surface area contributed by atoms with Gasteiger partial charge in [-0.1, -0.05) is 24.4 Å². The average molecular weight is 412 g/mol. The molecule has 0 radical (unpaired) electrons. The number of halogens is 2. The predicted octanol–water partition coefficient (Wildman–Crippen LogP) is 4.58. The van der Waals surface area contributed by atoms with Crippen molar-refractivity contribution in [1.82, 2.24) is 10.2 Å². The van der Waals surface area contributed by atoms with Gasteiger partial charge in [0, 0.05) is 5.92 Å². The molecule has 27 heavy (non-hydrogen) atoms. The first-order valence-corrected chi connectivity index (χ1v) is 10.2. The summed E-state index contributed by atoms with van der Waals surface area (Å²) in [5.74, 6) is 0.429. The molecular weight excluding hydrogens is 397 g/mol. The summed E-state index contributed by atoms with van der Waals surface area (Å²) in [6, 6.07) is 6.22. The third-order valence-corrected chi connectivity index (χ3v) is 5.92. The van der Waals surface area contributed by atoms with Gasteiger partial charge in [0.25, 0.3) is 15.9 Å². The summed E-state index contributed by atoms with van der Waals surface area (Å²) in [5.41, 5.74) is 0.112. The molecule has 3 aromatic rings. The van der Waals surface area contributed by atoms with Crippen molar-refractivity contribution in [3.05, 3.63) is 47.1 Å². The van der Waals surface area contributed by atoms with Crippen LogP contribution in [0.4, 0.5) is 10.1 Å². The monoisotopic (exact) mass is 411 g/mol. The van der Waals surface area contributed by atoms with Crippen molar-refractivity contribution < 1.29 is 21.6 Å². The van der Waals surface area contributed by atoms with Crippen molar-refractivity contribution in [3.8, 4) is 11.7 Å². The molecule has 0 unspecified atom stereocenters. The van der Waals surface area contributed by atoms with E-state index in [1.54, 1.807) is 0 Å². The molecule has 2 heterocycles. The van der Waals surface area contributed by atoms with Crippen LogP contribution < -0.4 is 4.72 Å². The van der Waals surface area contributed by atoms with Crippen LogP contribution in [0.15, 0.2) is 44.3 Å². The summed E-state index contributed by atoms with van der Waals surface area (Å²) in [4.78, 5) is 0. The Morgan fingerprint density at radius 2 is 1.89 bits per heavy atom. The molecule has 10 heteroatoms. The quantitative estimate of drug-likeness (QED) is 0.659. The molecule has 0 saturated heterocycles. The van der Waals surface area contributed by atoms with E-state index in [1.165, 1.54) is 24.3 Å². The third kappa shape index (κ3) is 3.70. The van der Waals surface area contributed by atoms with Crippen molar-refractivity contribution in [1.29, 1.82) is 0 Å². The second-order valence-electron chi connectivity index (χ2n) is 6.28. The summed E-state index contributed by atoms with van der Waals surface area (Å²) in [7, 11) is -4.03. The minimum Gasteiger partial charge on any atom is -0.438 e. The van der Waals surface area contributed by atoms with E-state index in [9.17, 15) is 12.8 Å². The summed E-state index contributed by atoms with van der Waals surface area (Å²) in [6.45, 7) is 0. The minimum absolute atomic E-state index is 0.112. The molecular formula is C17H15ClFN3O4S. The smallest absolute Gasteiger partial charge is 0.295 e. The largest absolute Gasteiger partial charge is 0.438 e. The van der Waals surface area contributed by atoms with Gasteiger partial charge in [0.2, 0.25) is 11.0 Å². The van der Waals surface area contributed by atoms with Gasteiger partial charge in [0.1, 0.15) is 5.82 Å². The van der Waals surface area contributed by atoms with Gasteiger partial charge in [-0.15, -0.1) is 10.2 Å². The summed E-state index contributed by atoms with van der Waals surface area (Å²) in [5, 5.41) is 7.46. The van der Waals surface area contributed by atoms with Crippen LogP contribution in [-0.4, -0.2) is 18.6 Å². The van der Waals surface area contributed by atoms with Crippen LogP contribution in [0.5, 0.6) is 0 Å². The van der Waals surface area contributed by atoms with Crippen LogP contribution in [0, 0.1) is 5.82 Å². The number of nitrogens with zero attached hydrogens (tertiary/aromatic N) is 2. The zero-order valence-corrected chi connectivity index (χ0v) is 15.6. The molecule has 0 atom stereocenters. The Bertz CT molecular complexity index is 1070. The fourth-order valence-corrected chi connectivity index (χ4v) is 4.18. The number of furan rings is 1. The van der Waals surface area contributed by atoms with E-state index < -0.39 is 15.8 Å². The zero-order chi connectivity index (χ0) is 19.0. The Morgan fingerprint density at radius 3 is 2.63 bits per heavy atom. The lowest BCUT2D eigenvalue weighted by atomic mass is 10.1. The van der Waals surface area contributed by atoms with Gasteiger partial charge >= 0.3 is 0 Å². The number of sulfonamides is 1. The van der Waals surface area contributed by atoms with Crippen LogP contribution in [0.1, 0.15) is 37.5 Å². The van der Waals surface area contributed by atoms with E-state index >= 15 is 0 Å². The van der Waals surface area contributed by atoms with Gasteiger partial charge in [-0.05, 0) is 43.2 Å². The lowest BCUT2D eigenvalue weighted by molar-refractivity contribution is 0.421. The Kier molecular flexibility index (Phi) is 4.65. The second kappa shape index (κ2) is 6.97. The average Bonchev–Trinajstić information content (AvgIpc) is 3.38. The zero-order valence-electron chi connectivity index (χ0n) is 14.0. The highest BCUT2D eigenvalue weighted by Crippen LogP contribution is 2.35. The van der Waals surface area contributed by atoms with Gasteiger partial charge < -0.3 is 8.83 Å². The second-order valence-corrected chi connectivity index (χ2v) is 8.30. The first-order valence-electron chi connectivity index (χ1n) is 8.34. The van der Waals surface area contributed by atoms with Crippen LogP contribution >= 0.6 is 11.6 Å². The summed E-state index contributed by atoms with van der Waals surface area (Å²) in [6.07, 6.45) is 4.27. The SMILES string of the molecule is O=S(=O)(Nc1ccc(F)c(Cl)c1)c1ccc(-c2nnc(C3CCCC3)o2)o1. The highest BCUT2D eigenvalue weighted by molar-refractivity contribution is 7.92. The molecule has 7 nitrogen and oxygen atoms in total. The lowest BCUT2D eigenvalue weighted by Crippen LogP contribution is -2.12. The molecule has 1 N–H and O–H groups in total. The Morgan fingerprint density at radius 1 is 1.11 bits per heavy atom. The first kappa shape index (κ1) is 18.0. The number of nitrogens with one attached hydrogen (secondary N) is 1. The first-order chi connectivity index (χ1) is 12.9. The van der Waals surface area contributed by atoms with Crippen LogP contribution in [0.3, 0.4) is 0 Å². The Balaban J connectivity index is 1.55. The summed E-state index contributed by atoms with van der Waals surface area (Å²) >= 11 is 5.67. The molecule has 2 aromatic heterocycles. The maximum absolute atomic E-state index is 13.2. The van der Waals surface area contributed by atoms with E-state index in [2.05, 4.69) is 14.9 Å². The molecule has 0 spiro atoms. The number of rotatable bonds is 5. The molecule has 1 saturated carbocycles. The molecule has 4 rings (SSSR count). The van der Waals surface area contributed by atoms with E-state index in [1.807, 2.05) is 0 Å². The lowest BCUT2D eigenvalue weighted by Gasteiger charge is -2.06. The number of benzene rings is 1. The molecule has 1 aliphatic rings. The molecule has 0 bridgehead atoms. The number of hydrogen-bond acceptors (Lipinski definition) is 6. The van der Waals surface area contributed by atoms with Crippen molar-refractivity contribution in [2.45, 2.75) is 36.7 Å². The highest BCUT2D eigenvalue weighted by atomic mass is 35.5. The topological polar surface area (TPSA) is 98.2 Å². The van der Waals surface area contributed by atoms with Crippen LogP contribution in [0.2, 0.25) is 5.02 Å². The van der Waals surface area contributed by atoms with Crippen molar-refractivity contribution in [3.63, 3.8) is 0 Å². The maximum Gasteiger partial charge on any atom is 0.295 e. The highest BCUT2D eigenvalue weighted by Gasteiger charge is 2.25.